The molecule has 0 spiro atoms. The van der Waals surface area contributed by atoms with Gasteiger partial charge in [-0.25, -0.2) is 0 Å². The van der Waals surface area contributed by atoms with Gasteiger partial charge in [0.05, 0.1) is 0 Å². The molecule has 0 aromatic rings. The Kier molecular flexibility index (Phi) is 65.7. The topological polar surface area (TPSA) is 78.9 Å². The van der Waals surface area contributed by atoms with Crippen LogP contribution in [0.2, 0.25) is 0 Å². The van der Waals surface area contributed by atoms with Gasteiger partial charge in [0.25, 0.3) is 0 Å². The molecule has 0 amide bonds. The quantitative estimate of drug-likeness (QED) is 0.0261. The van der Waals surface area contributed by atoms with Gasteiger partial charge in [0.2, 0.25) is 0 Å². The fraction of sp³-hybridized carbons (Fsp3) is 0.747. The molecule has 1 atom stereocenters. The maximum absolute atomic E-state index is 12.9. The normalized spacial score (nSPS) is 12.7. The fourth-order valence-electron chi connectivity index (χ4n) is 9.93. The maximum atomic E-state index is 12.9. The summed E-state index contributed by atoms with van der Waals surface area (Å²) < 4.78 is 16.8. The van der Waals surface area contributed by atoms with Crippen LogP contribution in [0.4, 0.5) is 0 Å². The zero-order valence-corrected chi connectivity index (χ0v) is 53.5. The summed E-state index contributed by atoms with van der Waals surface area (Å²) in [5, 5.41) is 0. The molecule has 0 aliphatic rings. The predicted octanol–water partition coefficient (Wildman–Crippen LogP) is 24.0. The van der Waals surface area contributed by atoms with E-state index in [-0.39, 0.29) is 31.1 Å². The molecule has 466 valence electrons. The molecule has 0 rings (SSSR count). The van der Waals surface area contributed by atoms with E-state index in [1.165, 1.54) is 193 Å². The molecule has 0 radical (unpaired) electrons. The molecular weight excluding hydrogens is 997 g/mol. The van der Waals surface area contributed by atoms with Gasteiger partial charge in [0.1, 0.15) is 13.2 Å². The summed E-state index contributed by atoms with van der Waals surface area (Å²) in [6.07, 6.45) is 93.3. The van der Waals surface area contributed by atoms with E-state index in [1.807, 2.05) is 0 Å². The first-order valence-electron chi connectivity index (χ1n) is 34.7. The smallest absolute Gasteiger partial charge is 0.306 e. The van der Waals surface area contributed by atoms with Crippen LogP contribution in [0, 0.1) is 0 Å². The number of hydrogen-bond donors (Lipinski definition) is 0. The van der Waals surface area contributed by atoms with Crippen molar-refractivity contribution in [3.05, 3.63) is 97.2 Å². The lowest BCUT2D eigenvalue weighted by atomic mass is 10.0. The molecule has 6 nitrogen and oxygen atoms in total. The number of esters is 3. The third-order valence-corrected chi connectivity index (χ3v) is 15.1. The second-order valence-electron chi connectivity index (χ2n) is 23.1. The minimum Gasteiger partial charge on any atom is -0.462 e. The molecule has 0 bridgehead atoms. The number of carbonyl (C=O) groups excluding carboxylic acids is 3. The molecule has 6 heteroatoms. The lowest BCUT2D eigenvalue weighted by molar-refractivity contribution is -0.167. The second-order valence-corrected chi connectivity index (χ2v) is 23.1. The number of carbonyl (C=O) groups is 3. The Labute approximate surface area is 502 Å². The summed E-state index contributed by atoms with van der Waals surface area (Å²) in [6, 6.07) is 0. The Balaban J connectivity index is 4.04. The van der Waals surface area contributed by atoms with Crippen LogP contribution >= 0.6 is 0 Å². The van der Waals surface area contributed by atoms with Gasteiger partial charge in [0, 0.05) is 19.3 Å². The van der Waals surface area contributed by atoms with Crippen LogP contribution in [0.1, 0.15) is 342 Å². The summed E-state index contributed by atoms with van der Waals surface area (Å²) in [5.41, 5.74) is 0. The predicted molar refractivity (Wildman–Crippen MR) is 353 cm³/mol. The van der Waals surface area contributed by atoms with Crippen molar-refractivity contribution in [3.8, 4) is 0 Å². The van der Waals surface area contributed by atoms with Crippen molar-refractivity contribution in [1.29, 1.82) is 0 Å². The molecule has 81 heavy (non-hydrogen) atoms. The third-order valence-electron chi connectivity index (χ3n) is 15.1. The standard InChI is InChI=1S/C75H130O6/c1-4-7-10-13-16-18-20-22-24-26-28-30-32-33-34-35-36-37-38-39-40-41-42-43-44-46-47-49-51-53-55-57-59-62-65-68-74(77)80-71-72(70-79-73(76)67-64-61-15-12-9-6-3)81-75(78)69-66-63-60-58-56-54-52-50-48-45-31-29-27-25-23-21-19-17-14-11-8-5-2/h7,10,16,18,22,24,28,30,33-34,36-37,39-40,42-43,72H,4-6,8-9,11-15,17,19-21,23,25-27,29,31-32,35,38,41,44-71H2,1-3H3/b10-7-,18-16-,24-22-,30-28-,34-33-,37-36-,40-39-,43-42-. The van der Waals surface area contributed by atoms with Gasteiger partial charge in [-0.05, 0) is 83.5 Å². The minimum atomic E-state index is -0.774. The fourth-order valence-corrected chi connectivity index (χ4v) is 9.93. The van der Waals surface area contributed by atoms with Crippen LogP contribution in [0.15, 0.2) is 97.2 Å². The first-order chi connectivity index (χ1) is 40.0. The average molecular weight is 1130 g/mol. The maximum Gasteiger partial charge on any atom is 0.306 e. The van der Waals surface area contributed by atoms with Crippen molar-refractivity contribution in [2.24, 2.45) is 0 Å². The van der Waals surface area contributed by atoms with E-state index in [1.54, 1.807) is 0 Å². The number of hydrogen-bond acceptors (Lipinski definition) is 6. The molecular formula is C75H130O6. The molecule has 0 N–H and O–H groups in total. The Morgan fingerprint density at radius 3 is 0.753 bits per heavy atom. The number of ether oxygens (including phenoxy) is 3. The van der Waals surface area contributed by atoms with E-state index in [4.69, 9.17) is 14.2 Å². The minimum absolute atomic E-state index is 0.0742. The van der Waals surface area contributed by atoms with Crippen molar-refractivity contribution < 1.29 is 28.6 Å². The molecule has 0 heterocycles. The van der Waals surface area contributed by atoms with Crippen molar-refractivity contribution in [2.45, 2.75) is 348 Å². The van der Waals surface area contributed by atoms with Crippen molar-refractivity contribution in [2.75, 3.05) is 13.2 Å². The number of allylic oxidation sites excluding steroid dienone is 16. The van der Waals surface area contributed by atoms with Crippen LogP contribution in [-0.2, 0) is 28.6 Å². The highest BCUT2D eigenvalue weighted by atomic mass is 16.6. The van der Waals surface area contributed by atoms with E-state index in [2.05, 4.69) is 118 Å². The van der Waals surface area contributed by atoms with Gasteiger partial charge >= 0.3 is 17.9 Å². The summed E-state index contributed by atoms with van der Waals surface area (Å²) in [7, 11) is 0. The van der Waals surface area contributed by atoms with Crippen LogP contribution in [0.5, 0.6) is 0 Å². The molecule has 0 fully saturated rings. The van der Waals surface area contributed by atoms with Crippen molar-refractivity contribution in [3.63, 3.8) is 0 Å². The highest BCUT2D eigenvalue weighted by Crippen LogP contribution is 2.18. The SMILES string of the molecule is CC/C=C\C/C=C\C/C=C\C/C=C\C/C=C\C/C=C\C/C=C\C/C=C\CCCCCCCCCCCCC(=O)OCC(COC(=O)CCCCCCCC)OC(=O)CCCCCCCCCCCCCCCCCCCCCCCC. The number of unbranched alkanes of at least 4 members (excludes halogenated alkanes) is 36. The van der Waals surface area contributed by atoms with Crippen molar-refractivity contribution >= 4 is 17.9 Å². The van der Waals surface area contributed by atoms with Gasteiger partial charge in [-0.3, -0.25) is 14.4 Å². The molecule has 0 aliphatic carbocycles. The zero-order chi connectivity index (χ0) is 58.5. The Bertz CT molecular complexity index is 1580. The van der Waals surface area contributed by atoms with E-state index in [0.717, 1.165) is 109 Å². The Hall–Kier alpha value is -3.67. The van der Waals surface area contributed by atoms with E-state index >= 15 is 0 Å². The molecule has 0 saturated heterocycles. The molecule has 0 saturated carbocycles. The average Bonchev–Trinajstić information content (AvgIpc) is 3.47. The van der Waals surface area contributed by atoms with Gasteiger partial charge in [-0.2, -0.15) is 0 Å². The summed E-state index contributed by atoms with van der Waals surface area (Å²) in [5.74, 6) is -0.873. The Morgan fingerprint density at radius 2 is 0.481 bits per heavy atom. The molecule has 1 unspecified atom stereocenters. The van der Waals surface area contributed by atoms with Gasteiger partial charge in [-0.15, -0.1) is 0 Å². The summed E-state index contributed by atoms with van der Waals surface area (Å²) in [6.45, 7) is 6.50. The monoisotopic (exact) mass is 1130 g/mol. The van der Waals surface area contributed by atoms with Crippen LogP contribution < -0.4 is 0 Å². The van der Waals surface area contributed by atoms with Gasteiger partial charge in [-0.1, -0.05) is 336 Å². The van der Waals surface area contributed by atoms with E-state index in [9.17, 15) is 14.4 Å². The first kappa shape index (κ1) is 77.3. The second kappa shape index (κ2) is 68.8. The highest BCUT2D eigenvalue weighted by molar-refractivity contribution is 5.71. The first-order valence-corrected chi connectivity index (χ1v) is 34.7. The van der Waals surface area contributed by atoms with Crippen LogP contribution in [0.3, 0.4) is 0 Å². The van der Waals surface area contributed by atoms with Crippen LogP contribution in [-0.4, -0.2) is 37.2 Å². The summed E-state index contributed by atoms with van der Waals surface area (Å²) >= 11 is 0. The largest absolute Gasteiger partial charge is 0.462 e. The zero-order valence-electron chi connectivity index (χ0n) is 53.5. The van der Waals surface area contributed by atoms with Gasteiger partial charge in [0.15, 0.2) is 6.10 Å². The van der Waals surface area contributed by atoms with E-state index < -0.39 is 6.10 Å². The lowest BCUT2D eigenvalue weighted by Crippen LogP contribution is -2.30. The Morgan fingerprint density at radius 1 is 0.259 bits per heavy atom. The summed E-state index contributed by atoms with van der Waals surface area (Å²) in [4.78, 5) is 38.1. The van der Waals surface area contributed by atoms with Crippen molar-refractivity contribution in [1.82, 2.24) is 0 Å². The van der Waals surface area contributed by atoms with Gasteiger partial charge < -0.3 is 14.2 Å². The molecule has 0 aromatic carbocycles. The van der Waals surface area contributed by atoms with Crippen LogP contribution in [0.25, 0.3) is 0 Å². The lowest BCUT2D eigenvalue weighted by Gasteiger charge is -2.18. The molecule has 0 aromatic heterocycles. The number of rotatable bonds is 63. The highest BCUT2D eigenvalue weighted by Gasteiger charge is 2.19. The molecule has 0 aliphatic heterocycles. The van der Waals surface area contributed by atoms with E-state index in [0.29, 0.717) is 19.3 Å². The third kappa shape index (κ3) is 67.0.